The molecule has 2 aromatic rings. The van der Waals surface area contributed by atoms with Crippen molar-refractivity contribution in [3.8, 4) is 11.5 Å². The van der Waals surface area contributed by atoms with E-state index in [0.29, 0.717) is 23.1 Å². The molecule has 0 spiro atoms. The van der Waals surface area contributed by atoms with E-state index in [1.54, 1.807) is 26.5 Å². The monoisotopic (exact) mass is 292 g/mol. The molecule has 0 radical (unpaired) electrons. The van der Waals surface area contributed by atoms with Crippen LogP contribution in [0.15, 0.2) is 30.5 Å². The molecule has 0 bridgehead atoms. The summed E-state index contributed by atoms with van der Waals surface area (Å²) >= 11 is 6.00. The minimum absolute atomic E-state index is 0.529. The van der Waals surface area contributed by atoms with Crippen LogP contribution in [0.1, 0.15) is 11.3 Å². The second-order valence-corrected chi connectivity index (χ2v) is 4.74. The van der Waals surface area contributed by atoms with Gasteiger partial charge in [-0.1, -0.05) is 17.7 Å². The van der Waals surface area contributed by atoms with Gasteiger partial charge in [-0.3, -0.25) is 4.98 Å². The van der Waals surface area contributed by atoms with Crippen molar-refractivity contribution >= 4 is 17.3 Å². The smallest absolute Gasteiger partial charge is 0.184 e. The van der Waals surface area contributed by atoms with Crippen molar-refractivity contribution in [1.82, 2.24) is 4.98 Å². The third-order valence-electron chi connectivity index (χ3n) is 3.01. The predicted molar refractivity (Wildman–Crippen MR) is 80.9 cm³/mol. The number of aryl methyl sites for hydroxylation is 1. The molecule has 4 nitrogen and oxygen atoms in total. The molecule has 0 aliphatic rings. The van der Waals surface area contributed by atoms with E-state index in [9.17, 15) is 0 Å². The molecular weight excluding hydrogens is 276 g/mol. The van der Waals surface area contributed by atoms with Gasteiger partial charge in [-0.15, -0.1) is 0 Å². The molecule has 0 atom stereocenters. The first-order chi connectivity index (χ1) is 9.65. The van der Waals surface area contributed by atoms with Gasteiger partial charge in [-0.25, -0.2) is 0 Å². The molecular formula is C15H17ClN2O2. The summed E-state index contributed by atoms with van der Waals surface area (Å²) < 4.78 is 10.6. The molecule has 5 heteroatoms. The molecule has 0 aliphatic heterocycles. The van der Waals surface area contributed by atoms with Gasteiger partial charge in [-0.2, -0.15) is 0 Å². The van der Waals surface area contributed by atoms with Gasteiger partial charge in [0.15, 0.2) is 11.5 Å². The molecule has 1 aromatic heterocycles. The molecule has 0 aliphatic carbocycles. The van der Waals surface area contributed by atoms with Crippen LogP contribution < -0.4 is 14.8 Å². The lowest BCUT2D eigenvalue weighted by molar-refractivity contribution is 0.350. The Morgan fingerprint density at radius 1 is 1.20 bits per heavy atom. The highest BCUT2D eigenvalue weighted by Crippen LogP contribution is 2.30. The summed E-state index contributed by atoms with van der Waals surface area (Å²) in [5.41, 5.74) is 2.88. The predicted octanol–water partition coefficient (Wildman–Crippen LogP) is 3.67. The molecule has 2 rings (SSSR count). The largest absolute Gasteiger partial charge is 0.493 e. The van der Waals surface area contributed by atoms with Gasteiger partial charge in [0.25, 0.3) is 0 Å². The van der Waals surface area contributed by atoms with Crippen LogP contribution >= 0.6 is 11.6 Å². The Bertz CT molecular complexity index is 602. The number of anilines is 1. The fraction of sp³-hybridized carbons (Fsp3) is 0.267. The number of aromatic nitrogens is 1. The molecule has 0 unspecified atom stereocenters. The average Bonchev–Trinajstić information content (AvgIpc) is 2.47. The average molecular weight is 293 g/mol. The second kappa shape index (κ2) is 6.48. The van der Waals surface area contributed by atoms with Gasteiger partial charge >= 0.3 is 0 Å². The van der Waals surface area contributed by atoms with Gasteiger partial charge < -0.3 is 14.8 Å². The number of benzene rings is 1. The standard InChI is InChI=1S/C15H17ClN2O2/c1-10-4-5-11(16)8-12(10)18-9-13-15(20-3)14(19-2)6-7-17-13/h4-8,18H,9H2,1-3H3. The van der Waals surface area contributed by atoms with Crippen LogP contribution in [0.2, 0.25) is 5.02 Å². The van der Waals surface area contributed by atoms with E-state index < -0.39 is 0 Å². The van der Waals surface area contributed by atoms with Gasteiger partial charge in [0, 0.05) is 23.0 Å². The molecule has 0 saturated carbocycles. The fourth-order valence-corrected chi connectivity index (χ4v) is 2.11. The summed E-state index contributed by atoms with van der Waals surface area (Å²) in [6.45, 7) is 2.55. The SMILES string of the molecule is COc1ccnc(CNc2cc(Cl)ccc2C)c1OC. The van der Waals surface area contributed by atoms with Gasteiger partial charge in [0.2, 0.25) is 0 Å². The van der Waals surface area contributed by atoms with Crippen molar-refractivity contribution < 1.29 is 9.47 Å². The normalized spacial score (nSPS) is 10.2. The minimum Gasteiger partial charge on any atom is -0.493 e. The number of methoxy groups -OCH3 is 2. The third-order valence-corrected chi connectivity index (χ3v) is 3.25. The topological polar surface area (TPSA) is 43.4 Å². The second-order valence-electron chi connectivity index (χ2n) is 4.31. The van der Waals surface area contributed by atoms with E-state index in [2.05, 4.69) is 10.3 Å². The highest BCUT2D eigenvalue weighted by molar-refractivity contribution is 6.30. The molecule has 20 heavy (non-hydrogen) atoms. The van der Waals surface area contributed by atoms with Crippen LogP contribution in [0.5, 0.6) is 11.5 Å². The zero-order chi connectivity index (χ0) is 14.5. The van der Waals surface area contributed by atoms with Gasteiger partial charge in [0.1, 0.15) is 5.69 Å². The van der Waals surface area contributed by atoms with Crippen LogP contribution in [0.25, 0.3) is 0 Å². The Labute approximate surface area is 123 Å². The summed E-state index contributed by atoms with van der Waals surface area (Å²) in [5.74, 6) is 1.31. The molecule has 0 fully saturated rings. The summed E-state index contributed by atoms with van der Waals surface area (Å²) in [4.78, 5) is 4.32. The first-order valence-corrected chi connectivity index (χ1v) is 6.59. The number of hydrogen-bond acceptors (Lipinski definition) is 4. The van der Waals surface area contributed by atoms with Crippen LogP contribution in [0.3, 0.4) is 0 Å². The van der Waals surface area contributed by atoms with Crippen LogP contribution in [0, 0.1) is 6.92 Å². The Balaban J connectivity index is 2.20. The fourth-order valence-electron chi connectivity index (χ4n) is 1.94. The van der Waals surface area contributed by atoms with Crippen molar-refractivity contribution in [2.24, 2.45) is 0 Å². The number of pyridine rings is 1. The molecule has 1 aromatic carbocycles. The lowest BCUT2D eigenvalue weighted by atomic mass is 10.2. The number of nitrogens with one attached hydrogen (secondary N) is 1. The van der Waals surface area contributed by atoms with Crippen LogP contribution in [-0.2, 0) is 6.54 Å². The van der Waals surface area contributed by atoms with Crippen LogP contribution in [-0.4, -0.2) is 19.2 Å². The number of halogens is 1. The maximum Gasteiger partial charge on any atom is 0.184 e. The third kappa shape index (κ3) is 3.14. The van der Waals surface area contributed by atoms with E-state index in [4.69, 9.17) is 21.1 Å². The summed E-state index contributed by atoms with van der Waals surface area (Å²) in [7, 11) is 3.21. The Hall–Kier alpha value is -1.94. The highest BCUT2D eigenvalue weighted by Gasteiger charge is 2.11. The van der Waals surface area contributed by atoms with E-state index in [1.807, 2.05) is 25.1 Å². The zero-order valence-electron chi connectivity index (χ0n) is 11.7. The number of hydrogen-bond donors (Lipinski definition) is 1. The van der Waals surface area contributed by atoms with E-state index in [-0.39, 0.29) is 0 Å². The Morgan fingerprint density at radius 2 is 2.00 bits per heavy atom. The van der Waals surface area contributed by atoms with Crippen molar-refractivity contribution in [3.05, 3.63) is 46.7 Å². The molecule has 0 amide bonds. The lowest BCUT2D eigenvalue weighted by Gasteiger charge is -2.14. The molecule has 106 valence electrons. The van der Waals surface area contributed by atoms with Gasteiger partial charge in [0.05, 0.1) is 20.8 Å². The maximum atomic E-state index is 6.00. The Kier molecular flexibility index (Phi) is 4.69. The van der Waals surface area contributed by atoms with Crippen LogP contribution in [0.4, 0.5) is 5.69 Å². The minimum atomic E-state index is 0.529. The summed E-state index contributed by atoms with van der Waals surface area (Å²) in [5, 5.41) is 4.01. The van der Waals surface area contributed by atoms with Gasteiger partial charge in [-0.05, 0) is 24.6 Å². The zero-order valence-corrected chi connectivity index (χ0v) is 12.5. The maximum absolute atomic E-state index is 6.00. The van der Waals surface area contributed by atoms with E-state index in [1.165, 1.54) is 0 Å². The van der Waals surface area contributed by atoms with Crippen molar-refractivity contribution in [1.29, 1.82) is 0 Å². The number of ether oxygens (including phenoxy) is 2. The van der Waals surface area contributed by atoms with E-state index >= 15 is 0 Å². The highest BCUT2D eigenvalue weighted by atomic mass is 35.5. The summed E-state index contributed by atoms with van der Waals surface area (Å²) in [6.07, 6.45) is 1.70. The van der Waals surface area contributed by atoms with Crippen molar-refractivity contribution in [3.63, 3.8) is 0 Å². The van der Waals surface area contributed by atoms with E-state index in [0.717, 1.165) is 16.9 Å². The summed E-state index contributed by atoms with van der Waals surface area (Å²) in [6, 6.07) is 7.50. The first-order valence-electron chi connectivity index (χ1n) is 6.21. The molecule has 1 N–H and O–H groups in total. The Morgan fingerprint density at radius 3 is 2.70 bits per heavy atom. The first kappa shape index (κ1) is 14.5. The molecule has 0 saturated heterocycles. The van der Waals surface area contributed by atoms with Crippen molar-refractivity contribution in [2.45, 2.75) is 13.5 Å². The number of rotatable bonds is 5. The molecule has 1 heterocycles. The number of nitrogens with zero attached hydrogens (tertiary/aromatic N) is 1. The van der Waals surface area contributed by atoms with Crippen molar-refractivity contribution in [2.75, 3.05) is 19.5 Å². The lowest BCUT2D eigenvalue weighted by Crippen LogP contribution is -2.06. The quantitative estimate of drug-likeness (QED) is 0.913.